The van der Waals surface area contributed by atoms with E-state index >= 15 is 0 Å². The molecule has 0 radical (unpaired) electrons. The van der Waals surface area contributed by atoms with Crippen molar-refractivity contribution in [2.24, 2.45) is 5.84 Å². The SMILES string of the molecule is Cc1ccc(NS(=O)(=O)c2ccc(NN)cc2)c(C)n1. The lowest BCUT2D eigenvalue weighted by Crippen LogP contribution is -2.14. The van der Waals surface area contributed by atoms with Crippen LogP contribution >= 0.6 is 0 Å². The van der Waals surface area contributed by atoms with E-state index in [0.29, 0.717) is 17.1 Å². The van der Waals surface area contributed by atoms with Crippen molar-refractivity contribution >= 4 is 21.4 Å². The second-order valence-electron chi connectivity index (χ2n) is 4.36. The summed E-state index contributed by atoms with van der Waals surface area (Å²) in [7, 11) is -3.63. The fourth-order valence-corrected chi connectivity index (χ4v) is 2.85. The molecule has 0 atom stereocenters. The standard InChI is InChI=1S/C13H16N4O2S/c1-9-3-8-13(10(2)15-9)17-20(18,19)12-6-4-11(16-14)5-7-12/h3-8,16-17H,14H2,1-2H3. The van der Waals surface area contributed by atoms with Gasteiger partial charge in [0.05, 0.1) is 16.3 Å². The normalized spacial score (nSPS) is 11.2. The maximum Gasteiger partial charge on any atom is 0.261 e. The molecule has 0 aliphatic rings. The van der Waals surface area contributed by atoms with Crippen molar-refractivity contribution in [1.82, 2.24) is 4.98 Å². The third-order valence-electron chi connectivity index (χ3n) is 2.80. The molecular formula is C13H16N4O2S. The van der Waals surface area contributed by atoms with Gasteiger partial charge >= 0.3 is 0 Å². The van der Waals surface area contributed by atoms with E-state index in [0.717, 1.165) is 5.69 Å². The molecule has 2 rings (SSSR count). The van der Waals surface area contributed by atoms with E-state index in [1.807, 2.05) is 6.92 Å². The lowest BCUT2D eigenvalue weighted by molar-refractivity contribution is 0.601. The highest BCUT2D eigenvalue weighted by Crippen LogP contribution is 2.19. The third kappa shape index (κ3) is 3.06. The van der Waals surface area contributed by atoms with E-state index in [1.54, 1.807) is 31.2 Å². The average molecular weight is 292 g/mol. The Balaban J connectivity index is 2.30. The van der Waals surface area contributed by atoms with Gasteiger partial charge in [0.25, 0.3) is 10.0 Å². The average Bonchev–Trinajstić information content (AvgIpc) is 2.42. The van der Waals surface area contributed by atoms with Crippen molar-refractivity contribution in [2.45, 2.75) is 18.7 Å². The van der Waals surface area contributed by atoms with E-state index in [-0.39, 0.29) is 4.90 Å². The third-order valence-corrected chi connectivity index (χ3v) is 4.18. The first-order valence-corrected chi connectivity index (χ1v) is 7.44. The summed E-state index contributed by atoms with van der Waals surface area (Å²) in [6.45, 7) is 3.61. The molecule has 0 amide bonds. The Morgan fingerprint density at radius 1 is 1.05 bits per heavy atom. The number of rotatable bonds is 4. The maximum atomic E-state index is 12.2. The molecule has 106 valence electrons. The predicted octanol–water partition coefficient (Wildman–Crippen LogP) is 1.78. The van der Waals surface area contributed by atoms with Gasteiger partial charge in [-0.1, -0.05) is 0 Å². The van der Waals surface area contributed by atoms with Gasteiger partial charge in [0.2, 0.25) is 0 Å². The zero-order valence-corrected chi connectivity index (χ0v) is 12.0. The fourth-order valence-electron chi connectivity index (χ4n) is 1.73. The number of hydrazine groups is 1. The molecule has 0 fully saturated rings. The number of nitrogen functional groups attached to an aromatic ring is 1. The van der Waals surface area contributed by atoms with Crippen LogP contribution in [-0.4, -0.2) is 13.4 Å². The van der Waals surface area contributed by atoms with Crippen LogP contribution in [-0.2, 0) is 10.0 Å². The zero-order chi connectivity index (χ0) is 14.8. The van der Waals surface area contributed by atoms with E-state index in [2.05, 4.69) is 15.1 Å². The number of aryl methyl sites for hydroxylation is 2. The summed E-state index contributed by atoms with van der Waals surface area (Å²) in [5, 5.41) is 0. The second-order valence-corrected chi connectivity index (χ2v) is 6.04. The highest BCUT2D eigenvalue weighted by molar-refractivity contribution is 7.92. The Hall–Kier alpha value is -2.12. The number of hydrogen-bond acceptors (Lipinski definition) is 5. The maximum absolute atomic E-state index is 12.2. The summed E-state index contributed by atoms with van der Waals surface area (Å²) < 4.78 is 27.0. The van der Waals surface area contributed by atoms with Gasteiger partial charge in [-0.05, 0) is 50.2 Å². The molecule has 1 heterocycles. The summed E-state index contributed by atoms with van der Waals surface area (Å²) in [5.74, 6) is 5.24. The first-order chi connectivity index (χ1) is 9.42. The van der Waals surface area contributed by atoms with Crippen molar-refractivity contribution < 1.29 is 8.42 Å². The van der Waals surface area contributed by atoms with Gasteiger partial charge in [-0.15, -0.1) is 0 Å². The molecule has 1 aromatic carbocycles. The molecule has 0 saturated heterocycles. The number of nitrogens with zero attached hydrogens (tertiary/aromatic N) is 1. The van der Waals surface area contributed by atoms with Crippen LogP contribution in [0.4, 0.5) is 11.4 Å². The van der Waals surface area contributed by atoms with Gasteiger partial charge in [0.15, 0.2) is 0 Å². The van der Waals surface area contributed by atoms with Gasteiger partial charge in [0.1, 0.15) is 0 Å². The Labute approximate surface area is 118 Å². The number of hydrogen-bond donors (Lipinski definition) is 3. The smallest absolute Gasteiger partial charge is 0.261 e. The molecule has 0 unspecified atom stereocenters. The van der Waals surface area contributed by atoms with Crippen LogP contribution in [0.2, 0.25) is 0 Å². The summed E-state index contributed by atoms with van der Waals surface area (Å²) >= 11 is 0. The Bertz CT molecular complexity index is 712. The number of sulfonamides is 1. The molecule has 0 aliphatic heterocycles. The van der Waals surface area contributed by atoms with Crippen molar-refractivity contribution in [3.8, 4) is 0 Å². The molecule has 2 aromatic rings. The number of nitrogens with two attached hydrogens (primary N) is 1. The highest BCUT2D eigenvalue weighted by atomic mass is 32.2. The van der Waals surface area contributed by atoms with Crippen molar-refractivity contribution in [3.05, 3.63) is 47.8 Å². The van der Waals surface area contributed by atoms with Crippen LogP contribution in [0.1, 0.15) is 11.4 Å². The Kier molecular flexibility index (Phi) is 3.91. The summed E-state index contributed by atoms with van der Waals surface area (Å²) in [6.07, 6.45) is 0. The summed E-state index contributed by atoms with van der Waals surface area (Å²) in [5.41, 5.74) is 5.02. The highest BCUT2D eigenvalue weighted by Gasteiger charge is 2.15. The van der Waals surface area contributed by atoms with Crippen LogP contribution in [0.15, 0.2) is 41.3 Å². The van der Waals surface area contributed by atoms with Crippen LogP contribution in [0, 0.1) is 13.8 Å². The lowest BCUT2D eigenvalue weighted by atomic mass is 10.3. The molecule has 7 heteroatoms. The van der Waals surface area contributed by atoms with Crippen molar-refractivity contribution in [3.63, 3.8) is 0 Å². The molecule has 0 spiro atoms. The largest absolute Gasteiger partial charge is 0.324 e. The number of nitrogens with one attached hydrogen (secondary N) is 2. The number of pyridine rings is 1. The van der Waals surface area contributed by atoms with E-state index in [1.165, 1.54) is 12.1 Å². The Morgan fingerprint density at radius 2 is 1.70 bits per heavy atom. The molecular weight excluding hydrogens is 276 g/mol. The molecule has 4 N–H and O–H groups in total. The van der Waals surface area contributed by atoms with Crippen LogP contribution in [0.3, 0.4) is 0 Å². The summed E-state index contributed by atoms with van der Waals surface area (Å²) in [4.78, 5) is 4.39. The summed E-state index contributed by atoms with van der Waals surface area (Å²) in [6, 6.07) is 9.60. The molecule has 1 aromatic heterocycles. The zero-order valence-electron chi connectivity index (χ0n) is 11.2. The minimum Gasteiger partial charge on any atom is -0.324 e. The van der Waals surface area contributed by atoms with Gasteiger partial charge in [-0.3, -0.25) is 15.5 Å². The van der Waals surface area contributed by atoms with Crippen LogP contribution < -0.4 is 16.0 Å². The second kappa shape index (κ2) is 5.48. The first kappa shape index (κ1) is 14.3. The minimum atomic E-state index is -3.63. The van der Waals surface area contributed by atoms with Crippen LogP contribution in [0.25, 0.3) is 0 Å². The molecule has 0 bridgehead atoms. The van der Waals surface area contributed by atoms with Gasteiger partial charge in [0, 0.05) is 11.4 Å². The molecule has 0 aliphatic carbocycles. The molecule has 0 saturated carbocycles. The predicted molar refractivity (Wildman–Crippen MR) is 78.8 cm³/mol. The van der Waals surface area contributed by atoms with E-state index < -0.39 is 10.0 Å². The first-order valence-electron chi connectivity index (χ1n) is 5.96. The molecule has 6 nitrogen and oxygen atoms in total. The fraction of sp³-hybridized carbons (Fsp3) is 0.154. The van der Waals surface area contributed by atoms with Gasteiger partial charge < -0.3 is 5.43 Å². The van der Waals surface area contributed by atoms with E-state index in [4.69, 9.17) is 5.84 Å². The topological polar surface area (TPSA) is 97.1 Å². The minimum absolute atomic E-state index is 0.163. The van der Waals surface area contributed by atoms with E-state index in [9.17, 15) is 8.42 Å². The van der Waals surface area contributed by atoms with Crippen molar-refractivity contribution in [1.29, 1.82) is 0 Å². The Morgan fingerprint density at radius 3 is 2.25 bits per heavy atom. The van der Waals surface area contributed by atoms with Gasteiger partial charge in [-0.2, -0.15) is 0 Å². The van der Waals surface area contributed by atoms with Gasteiger partial charge in [-0.25, -0.2) is 8.42 Å². The number of benzene rings is 1. The van der Waals surface area contributed by atoms with Crippen molar-refractivity contribution in [2.75, 3.05) is 10.1 Å². The lowest BCUT2D eigenvalue weighted by Gasteiger charge is -2.11. The molecule has 20 heavy (non-hydrogen) atoms. The van der Waals surface area contributed by atoms with Crippen LogP contribution in [0.5, 0.6) is 0 Å². The number of anilines is 2. The number of aromatic nitrogens is 1. The monoisotopic (exact) mass is 292 g/mol. The quantitative estimate of drug-likeness (QED) is 0.589.